The summed E-state index contributed by atoms with van der Waals surface area (Å²) in [5, 5.41) is 15.2. The Balaban J connectivity index is 1.52. The van der Waals surface area contributed by atoms with Gasteiger partial charge in [-0.05, 0) is 30.2 Å². The van der Waals surface area contributed by atoms with Gasteiger partial charge in [-0.3, -0.25) is 9.56 Å². The van der Waals surface area contributed by atoms with Gasteiger partial charge >= 0.3 is 0 Å². The lowest BCUT2D eigenvalue weighted by Crippen LogP contribution is -2.38. The number of halogens is 1. The molecular formula is C18H20ClN7. The molecule has 2 aromatic heterocycles. The lowest BCUT2D eigenvalue weighted by Gasteiger charge is -2.12. The Morgan fingerprint density at radius 2 is 2.00 bits per heavy atom. The van der Waals surface area contributed by atoms with Crippen molar-refractivity contribution in [2.45, 2.75) is 13.0 Å². The highest BCUT2D eigenvalue weighted by molar-refractivity contribution is 6.29. The predicted molar refractivity (Wildman–Crippen MR) is 103 cm³/mol. The number of pyridine rings is 1. The van der Waals surface area contributed by atoms with Crippen molar-refractivity contribution in [3.8, 4) is 5.69 Å². The summed E-state index contributed by atoms with van der Waals surface area (Å²) in [6.45, 7) is 1.24. The van der Waals surface area contributed by atoms with E-state index in [1.807, 2.05) is 41.0 Å². The third kappa shape index (κ3) is 4.80. The van der Waals surface area contributed by atoms with E-state index in [0.717, 1.165) is 30.0 Å². The maximum Gasteiger partial charge on any atom is 0.191 e. The molecule has 3 rings (SSSR count). The van der Waals surface area contributed by atoms with E-state index in [0.29, 0.717) is 17.7 Å². The molecule has 0 saturated heterocycles. The first kappa shape index (κ1) is 17.9. The third-order valence-electron chi connectivity index (χ3n) is 3.79. The first-order chi connectivity index (χ1) is 12.8. The van der Waals surface area contributed by atoms with Gasteiger partial charge in [0.2, 0.25) is 0 Å². The molecule has 0 bridgehead atoms. The lowest BCUT2D eigenvalue weighted by atomic mass is 10.2. The first-order valence-electron chi connectivity index (χ1n) is 8.25. The Bertz CT molecular complexity index is 843. The van der Waals surface area contributed by atoms with Crippen molar-refractivity contribution >= 4 is 17.6 Å². The maximum atomic E-state index is 5.80. The summed E-state index contributed by atoms with van der Waals surface area (Å²) in [7, 11) is 1.74. The van der Waals surface area contributed by atoms with Gasteiger partial charge in [-0.2, -0.15) is 0 Å². The molecule has 134 valence electrons. The van der Waals surface area contributed by atoms with E-state index in [-0.39, 0.29) is 0 Å². The Morgan fingerprint density at radius 1 is 1.15 bits per heavy atom. The molecule has 7 nitrogen and oxygen atoms in total. The summed E-state index contributed by atoms with van der Waals surface area (Å²) in [6, 6.07) is 13.7. The highest BCUT2D eigenvalue weighted by Crippen LogP contribution is 2.08. The van der Waals surface area contributed by atoms with E-state index < -0.39 is 0 Å². The molecule has 8 heteroatoms. The summed E-state index contributed by atoms with van der Waals surface area (Å²) in [5.41, 5.74) is 2.13. The molecule has 3 aromatic rings. The Hall–Kier alpha value is -2.93. The molecule has 0 unspecified atom stereocenters. The number of hydrogen-bond acceptors (Lipinski definition) is 4. The van der Waals surface area contributed by atoms with Gasteiger partial charge < -0.3 is 10.6 Å². The van der Waals surface area contributed by atoms with Crippen LogP contribution in [0.2, 0.25) is 5.15 Å². The average molecular weight is 370 g/mol. The van der Waals surface area contributed by atoms with Gasteiger partial charge in [0.1, 0.15) is 11.5 Å². The van der Waals surface area contributed by atoms with Gasteiger partial charge in [0, 0.05) is 25.5 Å². The Labute approximate surface area is 157 Å². The molecule has 0 amide bonds. The van der Waals surface area contributed by atoms with E-state index in [2.05, 4.69) is 30.8 Å². The summed E-state index contributed by atoms with van der Waals surface area (Å²) in [6.07, 6.45) is 4.31. The number of benzene rings is 1. The van der Waals surface area contributed by atoms with Crippen LogP contribution in [0.3, 0.4) is 0 Å². The van der Waals surface area contributed by atoms with Crippen molar-refractivity contribution in [2.24, 2.45) is 4.99 Å². The number of aliphatic imine (C=N–C) groups is 1. The number of guanidine groups is 1. The van der Waals surface area contributed by atoms with Crippen LogP contribution in [0.4, 0.5) is 0 Å². The number of nitrogens with one attached hydrogen (secondary N) is 2. The fourth-order valence-electron chi connectivity index (χ4n) is 2.45. The van der Waals surface area contributed by atoms with Gasteiger partial charge in [-0.1, -0.05) is 35.9 Å². The molecule has 26 heavy (non-hydrogen) atoms. The van der Waals surface area contributed by atoms with E-state index in [1.165, 1.54) is 0 Å². The number of nitrogens with zero attached hydrogens (tertiary/aromatic N) is 5. The molecule has 0 aliphatic carbocycles. The molecule has 0 aliphatic rings. The van der Waals surface area contributed by atoms with Crippen molar-refractivity contribution in [2.75, 3.05) is 13.6 Å². The molecule has 0 radical (unpaired) electrons. The smallest absolute Gasteiger partial charge is 0.191 e. The van der Waals surface area contributed by atoms with Crippen LogP contribution >= 0.6 is 11.6 Å². The minimum atomic E-state index is 0.502. The molecule has 0 aliphatic heterocycles. The fraction of sp³-hybridized carbons (Fsp3) is 0.222. The van der Waals surface area contributed by atoms with Crippen LogP contribution in [0.5, 0.6) is 0 Å². The lowest BCUT2D eigenvalue weighted by molar-refractivity contribution is 0.749. The fourth-order valence-corrected chi connectivity index (χ4v) is 2.56. The standard InChI is InChI=1S/C18H20ClN7/c1-20-18(21-10-9-14-7-8-16(19)22-11-14)23-12-17-25-24-13-26(17)15-5-3-2-4-6-15/h2-8,11,13H,9-10,12H2,1H3,(H2,20,21,23). The third-order valence-corrected chi connectivity index (χ3v) is 4.01. The van der Waals surface area contributed by atoms with Crippen LogP contribution in [0, 0.1) is 0 Å². The largest absolute Gasteiger partial charge is 0.356 e. The molecular weight excluding hydrogens is 350 g/mol. The van der Waals surface area contributed by atoms with Crippen molar-refractivity contribution in [1.82, 2.24) is 30.4 Å². The van der Waals surface area contributed by atoms with Crippen LogP contribution in [-0.2, 0) is 13.0 Å². The van der Waals surface area contributed by atoms with E-state index in [1.54, 1.807) is 25.6 Å². The van der Waals surface area contributed by atoms with Gasteiger partial charge in [0.15, 0.2) is 11.8 Å². The molecule has 2 N–H and O–H groups in total. The zero-order valence-corrected chi connectivity index (χ0v) is 15.2. The van der Waals surface area contributed by atoms with Crippen LogP contribution in [0.1, 0.15) is 11.4 Å². The number of para-hydroxylation sites is 1. The number of aromatic nitrogens is 4. The van der Waals surface area contributed by atoms with Crippen LogP contribution in [0.25, 0.3) is 5.69 Å². The van der Waals surface area contributed by atoms with Crippen LogP contribution in [-0.4, -0.2) is 39.3 Å². The van der Waals surface area contributed by atoms with Gasteiger partial charge in [0.25, 0.3) is 0 Å². The number of hydrogen-bond donors (Lipinski definition) is 2. The Morgan fingerprint density at radius 3 is 2.73 bits per heavy atom. The van der Waals surface area contributed by atoms with E-state index in [9.17, 15) is 0 Å². The van der Waals surface area contributed by atoms with Gasteiger partial charge in [-0.15, -0.1) is 10.2 Å². The van der Waals surface area contributed by atoms with Gasteiger partial charge in [-0.25, -0.2) is 4.98 Å². The van der Waals surface area contributed by atoms with Crippen LogP contribution in [0.15, 0.2) is 60.0 Å². The maximum absolute atomic E-state index is 5.80. The monoisotopic (exact) mass is 369 g/mol. The van der Waals surface area contributed by atoms with E-state index >= 15 is 0 Å². The second-order valence-corrected chi connectivity index (χ2v) is 5.93. The molecule has 0 atom stereocenters. The molecule has 2 heterocycles. The Kier molecular flexibility index (Phi) is 6.16. The second-order valence-electron chi connectivity index (χ2n) is 5.54. The van der Waals surface area contributed by atoms with Crippen molar-refractivity contribution in [3.63, 3.8) is 0 Å². The van der Waals surface area contributed by atoms with Crippen molar-refractivity contribution < 1.29 is 0 Å². The summed E-state index contributed by atoms with van der Waals surface area (Å²) < 4.78 is 1.94. The molecule has 1 aromatic carbocycles. The summed E-state index contributed by atoms with van der Waals surface area (Å²) >= 11 is 5.80. The topological polar surface area (TPSA) is 80.0 Å². The highest BCUT2D eigenvalue weighted by atomic mass is 35.5. The highest BCUT2D eigenvalue weighted by Gasteiger charge is 2.07. The molecule has 0 saturated carbocycles. The average Bonchev–Trinajstić information content (AvgIpc) is 3.15. The van der Waals surface area contributed by atoms with Crippen molar-refractivity contribution in [3.05, 3.63) is 71.5 Å². The molecule has 0 spiro atoms. The summed E-state index contributed by atoms with van der Waals surface area (Å²) in [4.78, 5) is 8.31. The zero-order chi connectivity index (χ0) is 18.2. The zero-order valence-electron chi connectivity index (χ0n) is 14.4. The summed E-state index contributed by atoms with van der Waals surface area (Å²) in [5.74, 6) is 1.51. The van der Waals surface area contributed by atoms with E-state index in [4.69, 9.17) is 11.6 Å². The SMILES string of the molecule is CN=C(NCCc1ccc(Cl)nc1)NCc1nncn1-c1ccccc1. The second kappa shape index (κ2) is 8.96. The minimum absolute atomic E-state index is 0.502. The predicted octanol–water partition coefficient (Wildman–Crippen LogP) is 2.22. The first-order valence-corrected chi connectivity index (χ1v) is 8.63. The normalized spacial score (nSPS) is 11.4. The van der Waals surface area contributed by atoms with Crippen LogP contribution < -0.4 is 10.6 Å². The number of rotatable bonds is 6. The van der Waals surface area contributed by atoms with Gasteiger partial charge in [0.05, 0.1) is 6.54 Å². The quantitative estimate of drug-likeness (QED) is 0.395. The molecule has 0 fully saturated rings. The minimum Gasteiger partial charge on any atom is -0.356 e. The van der Waals surface area contributed by atoms with Crippen molar-refractivity contribution in [1.29, 1.82) is 0 Å².